The van der Waals surface area contributed by atoms with E-state index >= 15 is 0 Å². The minimum atomic E-state index is 0.109. The van der Waals surface area contributed by atoms with E-state index in [9.17, 15) is 0 Å². The Bertz CT molecular complexity index is 605. The summed E-state index contributed by atoms with van der Waals surface area (Å²) in [4.78, 5) is 2.02. The predicted octanol–water partition coefficient (Wildman–Crippen LogP) is 3.11. The zero-order valence-corrected chi connectivity index (χ0v) is 11.7. The van der Waals surface area contributed by atoms with Gasteiger partial charge in [-0.3, -0.25) is 0 Å². The molecule has 0 amide bonds. The van der Waals surface area contributed by atoms with Crippen molar-refractivity contribution in [3.63, 3.8) is 0 Å². The summed E-state index contributed by atoms with van der Waals surface area (Å²) in [6, 6.07) is 15.9. The van der Waals surface area contributed by atoms with Crippen LogP contribution in [0.1, 0.15) is 18.1 Å². The first-order valence-electron chi connectivity index (χ1n) is 6.57. The third kappa shape index (κ3) is 2.74. The Labute approximate surface area is 119 Å². The molecule has 0 bridgehead atoms. The van der Waals surface area contributed by atoms with Crippen LogP contribution in [0.4, 0.5) is 11.4 Å². The van der Waals surface area contributed by atoms with Crippen molar-refractivity contribution in [2.24, 2.45) is 10.9 Å². The molecule has 0 aliphatic heterocycles. The maximum atomic E-state index is 8.88. The lowest BCUT2D eigenvalue weighted by atomic mass is 10.1. The van der Waals surface area contributed by atoms with Gasteiger partial charge in [-0.15, -0.1) is 0 Å². The molecule has 0 atom stereocenters. The van der Waals surface area contributed by atoms with Gasteiger partial charge in [0.15, 0.2) is 5.84 Å². The van der Waals surface area contributed by atoms with Gasteiger partial charge in [-0.05, 0) is 36.2 Å². The van der Waals surface area contributed by atoms with Crippen LogP contribution >= 0.6 is 0 Å². The van der Waals surface area contributed by atoms with Crippen LogP contribution in [0.3, 0.4) is 0 Å². The molecule has 20 heavy (non-hydrogen) atoms. The molecule has 2 aromatic rings. The highest BCUT2D eigenvalue weighted by Crippen LogP contribution is 2.27. The molecule has 0 unspecified atom stereocenters. The van der Waals surface area contributed by atoms with Crippen molar-refractivity contribution in [2.75, 3.05) is 11.9 Å². The highest BCUT2D eigenvalue weighted by molar-refractivity contribution is 6.02. The summed E-state index contributed by atoms with van der Waals surface area (Å²) in [7, 11) is 1.96. The van der Waals surface area contributed by atoms with Crippen LogP contribution in [-0.2, 0) is 6.42 Å². The minimum absolute atomic E-state index is 0.109. The SMILES string of the molecule is CCc1ccc(N(C)c2ccccc2C(N)=NO)cc1. The highest BCUT2D eigenvalue weighted by Gasteiger charge is 2.11. The molecule has 2 aromatic carbocycles. The zero-order chi connectivity index (χ0) is 14.5. The van der Waals surface area contributed by atoms with Crippen LogP contribution in [-0.4, -0.2) is 18.1 Å². The van der Waals surface area contributed by atoms with Crippen LogP contribution in [0.25, 0.3) is 0 Å². The van der Waals surface area contributed by atoms with Gasteiger partial charge in [0, 0.05) is 18.3 Å². The van der Waals surface area contributed by atoms with Crippen LogP contribution < -0.4 is 10.6 Å². The second kappa shape index (κ2) is 6.10. The molecule has 3 N–H and O–H groups in total. The number of amidine groups is 1. The summed E-state index contributed by atoms with van der Waals surface area (Å²) < 4.78 is 0. The van der Waals surface area contributed by atoms with Gasteiger partial charge in [0.2, 0.25) is 0 Å². The number of nitrogens with zero attached hydrogens (tertiary/aromatic N) is 2. The van der Waals surface area contributed by atoms with Gasteiger partial charge in [0.05, 0.1) is 5.69 Å². The van der Waals surface area contributed by atoms with Crippen molar-refractivity contribution in [3.8, 4) is 0 Å². The van der Waals surface area contributed by atoms with Crippen LogP contribution in [0, 0.1) is 0 Å². The number of hydrogen-bond donors (Lipinski definition) is 2. The molecule has 4 nitrogen and oxygen atoms in total. The topological polar surface area (TPSA) is 61.8 Å². The lowest BCUT2D eigenvalue weighted by Crippen LogP contribution is -2.19. The summed E-state index contributed by atoms with van der Waals surface area (Å²) in [6.45, 7) is 2.13. The molecule has 104 valence electrons. The van der Waals surface area contributed by atoms with E-state index in [0.29, 0.717) is 5.56 Å². The van der Waals surface area contributed by atoms with Crippen LogP contribution in [0.2, 0.25) is 0 Å². The van der Waals surface area contributed by atoms with Gasteiger partial charge >= 0.3 is 0 Å². The lowest BCUT2D eigenvalue weighted by molar-refractivity contribution is 0.318. The molecule has 0 fully saturated rings. The Morgan fingerprint density at radius 1 is 1.15 bits per heavy atom. The third-order valence-corrected chi connectivity index (χ3v) is 3.38. The normalized spacial score (nSPS) is 11.4. The number of benzene rings is 2. The van der Waals surface area contributed by atoms with Crippen molar-refractivity contribution >= 4 is 17.2 Å². The van der Waals surface area contributed by atoms with Crippen molar-refractivity contribution in [1.29, 1.82) is 0 Å². The average Bonchev–Trinajstić information content (AvgIpc) is 2.53. The molecular formula is C16H19N3O. The maximum Gasteiger partial charge on any atom is 0.172 e. The Morgan fingerprint density at radius 3 is 2.40 bits per heavy atom. The van der Waals surface area contributed by atoms with Gasteiger partial charge in [-0.1, -0.05) is 36.3 Å². The Kier molecular flexibility index (Phi) is 4.25. The fourth-order valence-electron chi connectivity index (χ4n) is 2.13. The van der Waals surface area contributed by atoms with Crippen LogP contribution in [0.5, 0.6) is 0 Å². The number of oxime groups is 1. The first-order chi connectivity index (χ1) is 9.67. The Hall–Kier alpha value is -2.49. The van der Waals surface area contributed by atoms with Crippen molar-refractivity contribution < 1.29 is 5.21 Å². The fourth-order valence-corrected chi connectivity index (χ4v) is 2.13. The largest absolute Gasteiger partial charge is 0.409 e. The van der Waals surface area contributed by atoms with E-state index < -0.39 is 0 Å². The second-order valence-electron chi connectivity index (χ2n) is 4.58. The Balaban J connectivity index is 2.39. The summed E-state index contributed by atoms with van der Waals surface area (Å²) in [5.74, 6) is 0.109. The monoisotopic (exact) mass is 269 g/mol. The molecule has 4 heteroatoms. The van der Waals surface area contributed by atoms with Gasteiger partial charge in [-0.2, -0.15) is 0 Å². The molecule has 2 rings (SSSR count). The molecule has 0 heterocycles. The Morgan fingerprint density at radius 2 is 1.80 bits per heavy atom. The van der Waals surface area contributed by atoms with E-state index in [1.165, 1.54) is 5.56 Å². The zero-order valence-electron chi connectivity index (χ0n) is 11.7. The van der Waals surface area contributed by atoms with E-state index in [-0.39, 0.29) is 5.84 Å². The van der Waals surface area contributed by atoms with Crippen molar-refractivity contribution in [3.05, 3.63) is 59.7 Å². The van der Waals surface area contributed by atoms with E-state index in [4.69, 9.17) is 10.9 Å². The average molecular weight is 269 g/mol. The summed E-state index contributed by atoms with van der Waals surface area (Å²) in [6.07, 6.45) is 1.02. The number of nitrogens with two attached hydrogens (primary N) is 1. The first-order valence-corrected chi connectivity index (χ1v) is 6.57. The van der Waals surface area contributed by atoms with E-state index in [1.807, 2.05) is 36.2 Å². The van der Waals surface area contributed by atoms with E-state index in [1.54, 1.807) is 0 Å². The van der Waals surface area contributed by atoms with Gasteiger partial charge in [0.25, 0.3) is 0 Å². The van der Waals surface area contributed by atoms with Gasteiger partial charge in [-0.25, -0.2) is 0 Å². The highest BCUT2D eigenvalue weighted by atomic mass is 16.4. The standard InChI is InChI=1S/C16H19N3O/c1-3-12-8-10-13(11-9-12)19(2)15-7-5-4-6-14(15)16(17)18-20/h4-11,20H,3H2,1-2H3,(H2,17,18). The molecule has 0 spiro atoms. The second-order valence-corrected chi connectivity index (χ2v) is 4.58. The molecule has 0 saturated carbocycles. The quantitative estimate of drug-likeness (QED) is 0.388. The third-order valence-electron chi connectivity index (χ3n) is 3.38. The van der Waals surface area contributed by atoms with Gasteiger partial charge in [0.1, 0.15) is 0 Å². The van der Waals surface area contributed by atoms with Crippen molar-refractivity contribution in [2.45, 2.75) is 13.3 Å². The predicted molar refractivity (Wildman–Crippen MR) is 82.8 cm³/mol. The molecule has 0 radical (unpaired) electrons. The smallest absolute Gasteiger partial charge is 0.172 e. The molecule has 0 aromatic heterocycles. The minimum Gasteiger partial charge on any atom is -0.409 e. The molecule has 0 aliphatic rings. The summed E-state index contributed by atoms with van der Waals surface area (Å²) in [5, 5.41) is 12.0. The number of rotatable bonds is 4. The number of hydrogen-bond acceptors (Lipinski definition) is 3. The maximum absolute atomic E-state index is 8.88. The number of anilines is 2. The number of para-hydroxylation sites is 1. The van der Waals surface area contributed by atoms with E-state index in [2.05, 4.69) is 36.3 Å². The fraction of sp³-hybridized carbons (Fsp3) is 0.188. The molecule has 0 aliphatic carbocycles. The summed E-state index contributed by atoms with van der Waals surface area (Å²) >= 11 is 0. The number of aryl methyl sites for hydroxylation is 1. The molecular weight excluding hydrogens is 250 g/mol. The van der Waals surface area contributed by atoms with Crippen LogP contribution in [0.15, 0.2) is 53.7 Å². The lowest BCUT2D eigenvalue weighted by Gasteiger charge is -2.22. The molecule has 0 saturated heterocycles. The first kappa shape index (κ1) is 13.9. The van der Waals surface area contributed by atoms with E-state index in [0.717, 1.165) is 17.8 Å². The van der Waals surface area contributed by atoms with Crippen molar-refractivity contribution in [1.82, 2.24) is 0 Å². The summed E-state index contributed by atoms with van der Waals surface area (Å²) in [5.41, 5.74) is 9.68. The van der Waals surface area contributed by atoms with Gasteiger partial charge < -0.3 is 15.8 Å².